The first-order valence-corrected chi connectivity index (χ1v) is 7.50. The Balaban J connectivity index is 1.73. The van der Waals surface area contributed by atoms with E-state index in [1.165, 1.54) is 12.5 Å². The number of amides is 2. The van der Waals surface area contributed by atoms with E-state index in [-0.39, 0.29) is 17.4 Å². The maximum Gasteiger partial charge on any atom is 0.254 e. The molecular formula is C17H20N2O2. The molecule has 0 atom stereocenters. The van der Waals surface area contributed by atoms with Crippen LogP contribution >= 0.6 is 0 Å². The van der Waals surface area contributed by atoms with E-state index < -0.39 is 0 Å². The monoisotopic (exact) mass is 284 g/mol. The molecule has 1 aromatic carbocycles. The Hall–Kier alpha value is -2.10. The van der Waals surface area contributed by atoms with Crippen molar-refractivity contribution in [3.63, 3.8) is 0 Å². The molecule has 0 radical (unpaired) electrons. The van der Waals surface area contributed by atoms with Crippen LogP contribution in [0.1, 0.15) is 42.5 Å². The van der Waals surface area contributed by atoms with Gasteiger partial charge in [0.15, 0.2) is 0 Å². The molecule has 3 rings (SSSR count). The van der Waals surface area contributed by atoms with Crippen molar-refractivity contribution in [1.82, 2.24) is 4.90 Å². The van der Waals surface area contributed by atoms with Crippen molar-refractivity contribution < 1.29 is 9.59 Å². The average Bonchev–Trinajstić information content (AvgIpc) is 2.92. The van der Waals surface area contributed by atoms with Crippen LogP contribution in [0.25, 0.3) is 0 Å². The van der Waals surface area contributed by atoms with Crippen molar-refractivity contribution >= 4 is 17.5 Å². The molecule has 110 valence electrons. The number of anilines is 1. The van der Waals surface area contributed by atoms with E-state index in [9.17, 15) is 9.59 Å². The lowest BCUT2D eigenvalue weighted by Gasteiger charge is -2.45. The van der Waals surface area contributed by atoms with Crippen molar-refractivity contribution in [2.45, 2.75) is 37.6 Å². The SMILES string of the molecule is C=CC(=O)Nc1ccc(C(=O)N2CCCC23CCC3)cc1. The van der Waals surface area contributed by atoms with Crippen LogP contribution in [-0.4, -0.2) is 28.8 Å². The van der Waals surface area contributed by atoms with Crippen LogP contribution in [-0.2, 0) is 4.79 Å². The Morgan fingerprint density at radius 1 is 1.14 bits per heavy atom. The maximum absolute atomic E-state index is 12.7. The van der Waals surface area contributed by atoms with Gasteiger partial charge in [0.25, 0.3) is 5.91 Å². The minimum absolute atomic E-state index is 0.119. The second-order valence-electron chi connectivity index (χ2n) is 5.91. The van der Waals surface area contributed by atoms with Crippen molar-refractivity contribution in [3.8, 4) is 0 Å². The van der Waals surface area contributed by atoms with Gasteiger partial charge >= 0.3 is 0 Å². The van der Waals surface area contributed by atoms with Crippen LogP contribution in [0.15, 0.2) is 36.9 Å². The fourth-order valence-corrected chi connectivity index (χ4v) is 3.41. The molecule has 1 saturated heterocycles. The molecule has 1 N–H and O–H groups in total. The Morgan fingerprint density at radius 3 is 2.38 bits per heavy atom. The third-order valence-electron chi connectivity index (χ3n) is 4.71. The van der Waals surface area contributed by atoms with Gasteiger partial charge in [-0.1, -0.05) is 6.58 Å². The zero-order valence-corrected chi connectivity index (χ0v) is 12.1. The highest BCUT2D eigenvalue weighted by molar-refractivity contribution is 6.00. The highest BCUT2D eigenvalue weighted by Gasteiger charge is 2.47. The zero-order valence-electron chi connectivity index (χ0n) is 12.1. The van der Waals surface area contributed by atoms with Crippen molar-refractivity contribution in [3.05, 3.63) is 42.5 Å². The third kappa shape index (κ3) is 2.46. The van der Waals surface area contributed by atoms with Gasteiger partial charge in [0.1, 0.15) is 0 Å². The van der Waals surface area contributed by atoms with E-state index in [1.807, 2.05) is 0 Å². The molecule has 2 fully saturated rings. The summed E-state index contributed by atoms with van der Waals surface area (Å²) in [6.45, 7) is 4.28. The van der Waals surface area contributed by atoms with E-state index in [0.717, 1.165) is 32.2 Å². The number of nitrogens with one attached hydrogen (secondary N) is 1. The predicted octanol–water partition coefficient (Wildman–Crippen LogP) is 2.97. The number of benzene rings is 1. The van der Waals surface area contributed by atoms with Crippen LogP contribution in [0.2, 0.25) is 0 Å². The normalized spacial score (nSPS) is 19.1. The number of hydrogen-bond donors (Lipinski definition) is 1. The molecule has 1 spiro atoms. The topological polar surface area (TPSA) is 49.4 Å². The van der Waals surface area contributed by atoms with Crippen LogP contribution in [0, 0.1) is 0 Å². The third-order valence-corrected chi connectivity index (χ3v) is 4.71. The first kappa shape index (κ1) is 13.9. The van der Waals surface area contributed by atoms with Gasteiger partial charge in [0.2, 0.25) is 5.91 Å². The largest absolute Gasteiger partial charge is 0.333 e. The van der Waals surface area contributed by atoms with Gasteiger partial charge in [-0.15, -0.1) is 0 Å². The van der Waals surface area contributed by atoms with Gasteiger partial charge < -0.3 is 10.2 Å². The summed E-state index contributed by atoms with van der Waals surface area (Å²) < 4.78 is 0. The molecule has 4 heteroatoms. The molecule has 4 nitrogen and oxygen atoms in total. The summed E-state index contributed by atoms with van der Waals surface area (Å²) in [4.78, 5) is 26.0. The van der Waals surface area contributed by atoms with Gasteiger partial charge in [-0.05, 0) is 62.4 Å². The van der Waals surface area contributed by atoms with Crippen molar-refractivity contribution in [2.75, 3.05) is 11.9 Å². The first-order chi connectivity index (χ1) is 10.1. The van der Waals surface area contributed by atoms with Gasteiger partial charge in [0.05, 0.1) is 0 Å². The molecule has 1 aliphatic carbocycles. The Kier molecular flexibility index (Phi) is 3.53. The van der Waals surface area contributed by atoms with Crippen LogP contribution < -0.4 is 5.32 Å². The summed E-state index contributed by atoms with van der Waals surface area (Å²) in [7, 11) is 0. The highest BCUT2D eigenvalue weighted by Crippen LogP contribution is 2.45. The van der Waals surface area contributed by atoms with Gasteiger partial charge in [-0.25, -0.2) is 0 Å². The van der Waals surface area contributed by atoms with Crippen molar-refractivity contribution in [1.29, 1.82) is 0 Å². The number of likely N-dealkylation sites (tertiary alicyclic amines) is 1. The fraction of sp³-hybridized carbons (Fsp3) is 0.412. The summed E-state index contributed by atoms with van der Waals surface area (Å²) in [5, 5.41) is 2.68. The summed E-state index contributed by atoms with van der Waals surface area (Å²) in [6.07, 6.45) is 7.00. The van der Waals surface area contributed by atoms with E-state index in [0.29, 0.717) is 11.3 Å². The molecule has 0 aromatic heterocycles. The molecule has 1 saturated carbocycles. The van der Waals surface area contributed by atoms with Gasteiger partial charge in [0, 0.05) is 23.3 Å². The fourth-order valence-electron chi connectivity index (χ4n) is 3.41. The Labute approximate surface area is 124 Å². The van der Waals surface area contributed by atoms with Gasteiger partial charge in [-0.3, -0.25) is 9.59 Å². The molecule has 21 heavy (non-hydrogen) atoms. The Morgan fingerprint density at radius 2 is 1.81 bits per heavy atom. The summed E-state index contributed by atoms with van der Waals surface area (Å²) in [5.74, 6) is -0.129. The second kappa shape index (κ2) is 5.35. The Bertz CT molecular complexity index is 573. The highest BCUT2D eigenvalue weighted by atomic mass is 16.2. The smallest absolute Gasteiger partial charge is 0.254 e. The van der Waals surface area contributed by atoms with Crippen LogP contribution in [0.4, 0.5) is 5.69 Å². The molecule has 0 unspecified atom stereocenters. The predicted molar refractivity (Wildman–Crippen MR) is 82.1 cm³/mol. The van der Waals surface area contributed by atoms with E-state index in [1.54, 1.807) is 24.3 Å². The molecule has 0 bridgehead atoms. The quantitative estimate of drug-likeness (QED) is 0.867. The molecule has 1 aliphatic heterocycles. The number of hydrogen-bond acceptors (Lipinski definition) is 2. The summed E-state index contributed by atoms with van der Waals surface area (Å²) >= 11 is 0. The second-order valence-corrected chi connectivity index (χ2v) is 5.91. The minimum atomic E-state index is -0.248. The lowest BCUT2D eigenvalue weighted by atomic mass is 9.74. The number of carbonyl (C=O) groups excluding carboxylic acids is 2. The van der Waals surface area contributed by atoms with E-state index in [4.69, 9.17) is 0 Å². The minimum Gasteiger partial charge on any atom is -0.333 e. The summed E-state index contributed by atoms with van der Waals surface area (Å²) in [5.41, 5.74) is 1.52. The lowest BCUT2D eigenvalue weighted by Crippen LogP contribution is -2.51. The van der Waals surface area contributed by atoms with Crippen molar-refractivity contribution in [2.24, 2.45) is 0 Å². The van der Waals surface area contributed by atoms with Crippen LogP contribution in [0.3, 0.4) is 0 Å². The first-order valence-electron chi connectivity index (χ1n) is 7.50. The standard InChI is InChI=1S/C17H20N2O2/c1-2-15(20)18-14-7-5-13(6-8-14)16(21)19-12-4-11-17(19)9-3-10-17/h2,5-8H,1,3-4,9-12H2,(H,18,20). The lowest BCUT2D eigenvalue weighted by molar-refractivity contribution is -0.111. The van der Waals surface area contributed by atoms with Gasteiger partial charge in [-0.2, -0.15) is 0 Å². The maximum atomic E-state index is 12.7. The number of rotatable bonds is 3. The zero-order chi connectivity index (χ0) is 14.9. The molecular weight excluding hydrogens is 264 g/mol. The van der Waals surface area contributed by atoms with E-state index >= 15 is 0 Å². The summed E-state index contributed by atoms with van der Waals surface area (Å²) in [6, 6.07) is 7.09. The molecule has 2 aliphatic rings. The molecule has 1 heterocycles. The number of carbonyl (C=O) groups is 2. The average molecular weight is 284 g/mol. The molecule has 1 aromatic rings. The molecule has 2 amide bonds. The van der Waals surface area contributed by atoms with E-state index in [2.05, 4.69) is 16.8 Å². The van der Waals surface area contributed by atoms with Crippen LogP contribution in [0.5, 0.6) is 0 Å². The number of nitrogens with zero attached hydrogens (tertiary/aromatic N) is 1.